The summed E-state index contributed by atoms with van der Waals surface area (Å²) < 4.78 is 0. The molecule has 0 saturated carbocycles. The largest absolute Gasteiger partial charge is 0.263 e. The first-order valence-electron chi connectivity index (χ1n) is 13.5. The zero-order valence-corrected chi connectivity index (χ0v) is 23.9. The maximum absolute atomic E-state index is 4.31. The van der Waals surface area contributed by atoms with Gasteiger partial charge in [0.05, 0.1) is 0 Å². The lowest BCUT2D eigenvalue weighted by Crippen LogP contribution is -2.44. The maximum atomic E-state index is 4.31. The van der Waals surface area contributed by atoms with Gasteiger partial charge in [-0.25, -0.2) is 0 Å². The van der Waals surface area contributed by atoms with Crippen LogP contribution in [0.5, 0.6) is 0 Å². The standard InChI is InChI=1S/C36H32N2Si/c1-27(2)39(28(3)4)33(21-19-29-13-11-23-37-25-29)35(31-15-7-5-8-16-31)36(32-17-9-6-10-18-32)34(39)22-20-30-14-12-24-38-26-30/h5-18,23-28H,1-4H3. The van der Waals surface area contributed by atoms with E-state index in [1.165, 1.54) is 32.7 Å². The van der Waals surface area contributed by atoms with E-state index < -0.39 is 8.07 Å². The molecule has 0 N–H and O–H groups in total. The molecule has 0 atom stereocenters. The fraction of sp³-hybridized carbons (Fsp3) is 0.167. The van der Waals surface area contributed by atoms with Gasteiger partial charge in [-0.3, -0.25) is 9.97 Å². The molecule has 0 bridgehead atoms. The van der Waals surface area contributed by atoms with E-state index in [4.69, 9.17) is 0 Å². The van der Waals surface area contributed by atoms with Crippen molar-refractivity contribution in [2.45, 2.75) is 38.8 Å². The summed E-state index contributed by atoms with van der Waals surface area (Å²) in [4.78, 5) is 8.62. The van der Waals surface area contributed by atoms with Crippen LogP contribution in [0.4, 0.5) is 0 Å². The molecule has 4 aromatic rings. The van der Waals surface area contributed by atoms with Crippen molar-refractivity contribution in [2.24, 2.45) is 0 Å². The van der Waals surface area contributed by atoms with E-state index >= 15 is 0 Å². The van der Waals surface area contributed by atoms with Crippen LogP contribution in [0, 0.1) is 23.7 Å². The molecule has 2 aromatic heterocycles. The molecule has 0 aliphatic carbocycles. The average Bonchev–Trinajstić information content (AvgIpc) is 3.28. The second-order valence-corrected chi connectivity index (χ2v) is 15.4. The Labute approximate surface area is 233 Å². The summed E-state index contributed by atoms with van der Waals surface area (Å²) in [5.41, 5.74) is 7.42. The Morgan fingerprint density at radius 1 is 0.513 bits per heavy atom. The minimum atomic E-state index is -2.47. The Balaban J connectivity index is 1.91. The number of rotatable bonds is 4. The summed E-state index contributed by atoms with van der Waals surface area (Å²) in [5, 5.41) is 2.52. The molecule has 0 saturated heterocycles. The molecule has 2 aromatic carbocycles. The highest BCUT2D eigenvalue weighted by molar-refractivity contribution is 7.00. The van der Waals surface area contributed by atoms with E-state index in [1.54, 1.807) is 12.4 Å². The van der Waals surface area contributed by atoms with Gasteiger partial charge in [-0.2, -0.15) is 0 Å². The SMILES string of the molecule is CC(C)[Si]1(C(C)C)C(C#Cc2cccnc2)=C(c2ccccc2)C(c2ccccc2)=C1C#Cc1cccnc1. The van der Waals surface area contributed by atoms with Gasteiger partial charge in [-0.15, -0.1) is 0 Å². The zero-order valence-electron chi connectivity index (χ0n) is 22.9. The number of aromatic nitrogens is 2. The van der Waals surface area contributed by atoms with E-state index in [1.807, 2.05) is 36.7 Å². The average molecular weight is 521 g/mol. The summed E-state index contributed by atoms with van der Waals surface area (Å²) in [6.07, 6.45) is 7.26. The van der Waals surface area contributed by atoms with Gasteiger partial charge in [0.1, 0.15) is 8.07 Å². The number of benzene rings is 2. The Kier molecular flexibility index (Phi) is 7.73. The third kappa shape index (κ3) is 5.02. The Morgan fingerprint density at radius 3 is 1.26 bits per heavy atom. The number of nitrogens with zero attached hydrogens (tertiary/aromatic N) is 2. The third-order valence-corrected chi connectivity index (χ3v) is 13.6. The van der Waals surface area contributed by atoms with E-state index in [-0.39, 0.29) is 0 Å². The first-order valence-corrected chi connectivity index (χ1v) is 15.6. The van der Waals surface area contributed by atoms with Crippen molar-refractivity contribution in [1.82, 2.24) is 9.97 Å². The summed E-state index contributed by atoms with van der Waals surface area (Å²) >= 11 is 0. The molecule has 2 nitrogen and oxygen atoms in total. The van der Waals surface area contributed by atoms with Gasteiger partial charge in [-0.05, 0) is 57.6 Å². The summed E-state index contributed by atoms with van der Waals surface area (Å²) in [5.74, 6) is 14.5. The smallest absolute Gasteiger partial charge is 0.146 e. The van der Waals surface area contributed by atoms with Gasteiger partial charge in [-0.1, -0.05) is 112 Å². The molecule has 0 amide bonds. The zero-order chi connectivity index (χ0) is 27.2. The van der Waals surface area contributed by atoms with Crippen molar-refractivity contribution in [3.8, 4) is 23.7 Å². The first-order chi connectivity index (χ1) is 19.0. The van der Waals surface area contributed by atoms with Crippen LogP contribution in [0.3, 0.4) is 0 Å². The van der Waals surface area contributed by atoms with Gasteiger partial charge in [0.2, 0.25) is 0 Å². The number of allylic oxidation sites excluding steroid dienone is 4. The van der Waals surface area contributed by atoms with Crippen molar-refractivity contribution >= 4 is 19.2 Å². The van der Waals surface area contributed by atoms with Crippen molar-refractivity contribution < 1.29 is 0 Å². The first kappa shape index (κ1) is 26.2. The lowest BCUT2D eigenvalue weighted by molar-refractivity contribution is 0.919. The minimum Gasteiger partial charge on any atom is -0.263 e. The van der Waals surface area contributed by atoms with Crippen LogP contribution in [0.15, 0.2) is 120 Å². The van der Waals surface area contributed by atoms with Crippen molar-refractivity contribution in [3.63, 3.8) is 0 Å². The second kappa shape index (κ2) is 11.5. The Hall–Kier alpha value is -4.44. The Morgan fingerprint density at radius 2 is 0.923 bits per heavy atom. The van der Waals surface area contributed by atoms with E-state index in [9.17, 15) is 0 Å². The maximum Gasteiger partial charge on any atom is 0.146 e. The van der Waals surface area contributed by atoms with Crippen LogP contribution in [-0.4, -0.2) is 18.0 Å². The quantitative estimate of drug-likeness (QED) is 0.200. The highest BCUT2D eigenvalue weighted by atomic mass is 28.3. The second-order valence-electron chi connectivity index (χ2n) is 10.4. The normalized spacial score (nSPS) is 14.2. The summed E-state index contributed by atoms with van der Waals surface area (Å²) in [6.45, 7) is 9.45. The third-order valence-electron chi connectivity index (χ3n) is 7.51. The summed E-state index contributed by atoms with van der Waals surface area (Å²) in [6, 6.07) is 29.4. The highest BCUT2D eigenvalue weighted by Gasteiger charge is 2.53. The Bertz CT molecular complexity index is 1500. The van der Waals surface area contributed by atoms with Crippen LogP contribution < -0.4 is 0 Å². The van der Waals surface area contributed by atoms with Crippen LogP contribution in [0.1, 0.15) is 49.9 Å². The molecule has 0 spiro atoms. The minimum absolute atomic E-state index is 0.383. The van der Waals surface area contributed by atoms with Gasteiger partial charge in [0, 0.05) is 46.3 Å². The number of hydrogen-bond donors (Lipinski definition) is 0. The van der Waals surface area contributed by atoms with Crippen LogP contribution in [0.2, 0.25) is 11.1 Å². The molecule has 5 rings (SSSR count). The topological polar surface area (TPSA) is 25.8 Å². The predicted octanol–water partition coefficient (Wildman–Crippen LogP) is 8.15. The molecule has 190 valence electrons. The fourth-order valence-electron chi connectivity index (χ4n) is 5.87. The molecule has 1 aliphatic heterocycles. The molecule has 39 heavy (non-hydrogen) atoms. The van der Waals surface area contributed by atoms with Crippen LogP contribution in [0.25, 0.3) is 11.1 Å². The highest BCUT2D eigenvalue weighted by Crippen LogP contribution is 2.56. The van der Waals surface area contributed by atoms with Crippen molar-refractivity contribution in [1.29, 1.82) is 0 Å². The lowest BCUT2D eigenvalue weighted by atomic mass is 9.91. The van der Waals surface area contributed by atoms with Crippen molar-refractivity contribution in [2.75, 3.05) is 0 Å². The van der Waals surface area contributed by atoms with Gasteiger partial charge < -0.3 is 0 Å². The molecule has 1 aliphatic rings. The molecular formula is C36H32N2Si. The molecule has 3 heterocycles. The van der Waals surface area contributed by atoms with E-state index in [0.29, 0.717) is 11.1 Å². The molecule has 3 heteroatoms. The van der Waals surface area contributed by atoms with Crippen molar-refractivity contribution in [3.05, 3.63) is 142 Å². The van der Waals surface area contributed by atoms with Crippen LogP contribution in [-0.2, 0) is 0 Å². The lowest BCUT2D eigenvalue weighted by Gasteiger charge is -2.37. The van der Waals surface area contributed by atoms with E-state index in [0.717, 1.165) is 11.1 Å². The van der Waals surface area contributed by atoms with Gasteiger partial charge >= 0.3 is 0 Å². The van der Waals surface area contributed by atoms with E-state index in [2.05, 4.69) is 122 Å². The molecule has 0 fully saturated rings. The fourth-order valence-corrected chi connectivity index (χ4v) is 11.7. The molecule has 0 unspecified atom stereocenters. The molecule has 0 radical (unpaired) electrons. The monoisotopic (exact) mass is 520 g/mol. The molecular weight excluding hydrogens is 488 g/mol. The predicted molar refractivity (Wildman–Crippen MR) is 165 cm³/mol. The van der Waals surface area contributed by atoms with Gasteiger partial charge in [0.25, 0.3) is 0 Å². The van der Waals surface area contributed by atoms with Gasteiger partial charge in [0.15, 0.2) is 0 Å². The summed E-state index contributed by atoms with van der Waals surface area (Å²) in [7, 11) is -2.47. The number of pyridine rings is 2. The number of hydrogen-bond acceptors (Lipinski definition) is 2. The van der Waals surface area contributed by atoms with Crippen LogP contribution >= 0.6 is 0 Å².